The first-order valence-electron chi connectivity index (χ1n) is 5.44. The fraction of sp³-hybridized carbons (Fsp3) is 0.143. The van der Waals surface area contributed by atoms with Crippen LogP contribution < -0.4 is 0 Å². The molecule has 0 aliphatic carbocycles. The molecule has 4 heteroatoms. The quantitative estimate of drug-likeness (QED) is 0.460. The van der Waals surface area contributed by atoms with Gasteiger partial charge >= 0.3 is 5.97 Å². The molecule has 0 atom stereocenters. The third-order valence-electron chi connectivity index (χ3n) is 2.72. The number of rotatable bonds is 2. The number of carbonyl (C=O) groups is 1. The van der Waals surface area contributed by atoms with Crippen molar-refractivity contribution in [3.8, 4) is 6.07 Å². The third kappa shape index (κ3) is 1.98. The number of aryl methyl sites for hydroxylation is 1. The number of nitriles is 1. The van der Waals surface area contributed by atoms with Crippen molar-refractivity contribution in [3.05, 3.63) is 41.6 Å². The van der Waals surface area contributed by atoms with Crippen LogP contribution in [0.5, 0.6) is 0 Å². The molecule has 1 heterocycles. The van der Waals surface area contributed by atoms with Crippen LogP contribution in [0.1, 0.15) is 5.69 Å². The van der Waals surface area contributed by atoms with Crippen LogP contribution in [-0.4, -0.2) is 17.6 Å². The number of esters is 1. The SMILES string of the molecule is COC(=O)/C(C#N)=C/n1c(C)cc2ccccc21. The number of methoxy groups -OCH3 is 1. The van der Waals surface area contributed by atoms with Crippen LogP contribution in [-0.2, 0) is 9.53 Å². The van der Waals surface area contributed by atoms with Gasteiger partial charge in [0.1, 0.15) is 6.07 Å². The third-order valence-corrected chi connectivity index (χ3v) is 2.72. The number of nitrogens with zero attached hydrogens (tertiary/aromatic N) is 2. The van der Waals surface area contributed by atoms with Gasteiger partial charge in [-0.15, -0.1) is 0 Å². The lowest BCUT2D eigenvalue weighted by Gasteiger charge is -2.02. The van der Waals surface area contributed by atoms with Crippen molar-refractivity contribution in [2.45, 2.75) is 6.92 Å². The van der Waals surface area contributed by atoms with Crippen molar-refractivity contribution in [1.29, 1.82) is 5.26 Å². The first-order chi connectivity index (χ1) is 8.67. The van der Waals surface area contributed by atoms with Crippen LogP contribution in [0, 0.1) is 18.3 Å². The molecule has 18 heavy (non-hydrogen) atoms. The van der Waals surface area contributed by atoms with Gasteiger partial charge in [-0.05, 0) is 19.1 Å². The normalized spacial score (nSPS) is 11.3. The van der Waals surface area contributed by atoms with Crippen molar-refractivity contribution in [3.63, 3.8) is 0 Å². The molecule has 0 saturated heterocycles. The molecule has 0 aliphatic heterocycles. The summed E-state index contributed by atoms with van der Waals surface area (Å²) in [5.74, 6) is -0.630. The topological polar surface area (TPSA) is 55.0 Å². The van der Waals surface area contributed by atoms with Gasteiger partial charge in [-0.3, -0.25) is 0 Å². The number of ether oxygens (including phenoxy) is 1. The van der Waals surface area contributed by atoms with Gasteiger partial charge in [0, 0.05) is 17.3 Å². The lowest BCUT2D eigenvalue weighted by molar-refractivity contribution is -0.135. The Labute approximate surface area is 105 Å². The number of fused-ring (bicyclic) bond motifs is 1. The highest BCUT2D eigenvalue weighted by molar-refractivity contribution is 5.97. The predicted octanol–water partition coefficient (Wildman–Crippen LogP) is 2.49. The zero-order valence-corrected chi connectivity index (χ0v) is 10.2. The van der Waals surface area contributed by atoms with Gasteiger partial charge < -0.3 is 9.30 Å². The van der Waals surface area contributed by atoms with E-state index in [1.54, 1.807) is 0 Å². The van der Waals surface area contributed by atoms with E-state index in [2.05, 4.69) is 4.74 Å². The van der Waals surface area contributed by atoms with E-state index in [1.807, 2.05) is 47.9 Å². The second-order valence-corrected chi connectivity index (χ2v) is 3.86. The number of aromatic nitrogens is 1. The average molecular weight is 240 g/mol. The first kappa shape index (κ1) is 11.9. The molecule has 0 aliphatic rings. The molecule has 4 nitrogen and oxygen atoms in total. The molecule has 0 amide bonds. The zero-order valence-electron chi connectivity index (χ0n) is 10.2. The molecule has 1 aromatic carbocycles. The van der Waals surface area contributed by atoms with Gasteiger partial charge in [0.15, 0.2) is 5.57 Å². The first-order valence-corrected chi connectivity index (χ1v) is 5.44. The van der Waals surface area contributed by atoms with Gasteiger partial charge in [-0.1, -0.05) is 18.2 Å². The molecule has 1 aromatic heterocycles. The summed E-state index contributed by atoms with van der Waals surface area (Å²) in [6.45, 7) is 1.92. The molecule has 0 N–H and O–H groups in total. The van der Waals surface area contributed by atoms with Crippen LogP contribution >= 0.6 is 0 Å². The standard InChI is InChI=1S/C14H12N2O2/c1-10-7-11-5-3-4-6-13(11)16(10)9-12(8-15)14(17)18-2/h3-7,9H,1-2H3/b12-9+. The van der Waals surface area contributed by atoms with Gasteiger partial charge in [-0.2, -0.15) is 5.26 Å². The molecule has 0 unspecified atom stereocenters. The summed E-state index contributed by atoms with van der Waals surface area (Å²) in [7, 11) is 1.26. The van der Waals surface area contributed by atoms with Crippen molar-refractivity contribution in [2.24, 2.45) is 0 Å². The molecular weight excluding hydrogens is 228 g/mol. The van der Waals surface area contributed by atoms with E-state index in [-0.39, 0.29) is 5.57 Å². The minimum Gasteiger partial charge on any atom is -0.465 e. The molecule has 0 saturated carbocycles. The van der Waals surface area contributed by atoms with E-state index in [4.69, 9.17) is 5.26 Å². The Kier molecular flexibility index (Phi) is 3.16. The summed E-state index contributed by atoms with van der Waals surface area (Å²) >= 11 is 0. The minimum absolute atomic E-state index is 0.0260. The fourth-order valence-electron chi connectivity index (χ4n) is 1.85. The number of benzene rings is 1. The average Bonchev–Trinajstić information content (AvgIpc) is 2.71. The highest BCUT2D eigenvalue weighted by Gasteiger charge is 2.10. The van der Waals surface area contributed by atoms with Gasteiger partial charge in [0.05, 0.1) is 12.6 Å². The van der Waals surface area contributed by atoms with Crippen LogP contribution in [0.4, 0.5) is 0 Å². The monoisotopic (exact) mass is 240 g/mol. The van der Waals surface area contributed by atoms with E-state index in [0.717, 1.165) is 16.6 Å². The largest absolute Gasteiger partial charge is 0.465 e. The molecule has 2 rings (SSSR count). The van der Waals surface area contributed by atoms with E-state index in [9.17, 15) is 4.79 Å². The van der Waals surface area contributed by atoms with Gasteiger partial charge in [-0.25, -0.2) is 4.79 Å². The number of hydrogen-bond acceptors (Lipinski definition) is 3. The Morgan fingerprint density at radius 3 is 2.83 bits per heavy atom. The van der Waals surface area contributed by atoms with Crippen LogP contribution in [0.2, 0.25) is 0 Å². The van der Waals surface area contributed by atoms with E-state index in [0.29, 0.717) is 0 Å². The Hall–Kier alpha value is -2.54. The summed E-state index contributed by atoms with van der Waals surface area (Å²) in [4.78, 5) is 11.4. The Bertz CT molecular complexity index is 675. The second-order valence-electron chi connectivity index (χ2n) is 3.86. The van der Waals surface area contributed by atoms with E-state index < -0.39 is 5.97 Å². The Morgan fingerprint density at radius 1 is 1.44 bits per heavy atom. The van der Waals surface area contributed by atoms with Gasteiger partial charge in [0.2, 0.25) is 0 Å². The highest BCUT2D eigenvalue weighted by Crippen LogP contribution is 2.20. The zero-order chi connectivity index (χ0) is 13.1. The highest BCUT2D eigenvalue weighted by atomic mass is 16.5. The smallest absolute Gasteiger partial charge is 0.350 e. The predicted molar refractivity (Wildman–Crippen MR) is 68.6 cm³/mol. The van der Waals surface area contributed by atoms with Crippen molar-refractivity contribution in [2.75, 3.05) is 7.11 Å². The lowest BCUT2D eigenvalue weighted by atomic mass is 10.2. The van der Waals surface area contributed by atoms with Crippen LogP contribution in [0.15, 0.2) is 35.9 Å². The Morgan fingerprint density at radius 2 is 2.17 bits per heavy atom. The van der Waals surface area contributed by atoms with Crippen LogP contribution in [0.25, 0.3) is 17.1 Å². The maximum absolute atomic E-state index is 11.4. The lowest BCUT2D eigenvalue weighted by Crippen LogP contribution is -2.04. The molecular formula is C14H12N2O2. The van der Waals surface area contributed by atoms with Crippen molar-refractivity contribution >= 4 is 23.1 Å². The number of para-hydroxylation sites is 1. The maximum atomic E-state index is 11.4. The second kappa shape index (κ2) is 4.76. The molecule has 2 aromatic rings. The summed E-state index contributed by atoms with van der Waals surface area (Å²) < 4.78 is 6.37. The summed E-state index contributed by atoms with van der Waals surface area (Å²) in [6.07, 6.45) is 1.50. The molecule has 0 radical (unpaired) electrons. The summed E-state index contributed by atoms with van der Waals surface area (Å²) in [5, 5.41) is 10.0. The molecule has 0 fully saturated rings. The van der Waals surface area contributed by atoms with Crippen LogP contribution in [0.3, 0.4) is 0 Å². The van der Waals surface area contributed by atoms with E-state index in [1.165, 1.54) is 13.3 Å². The molecule has 0 spiro atoms. The Balaban J connectivity index is 2.61. The van der Waals surface area contributed by atoms with E-state index >= 15 is 0 Å². The minimum atomic E-state index is -0.630. The summed E-state index contributed by atoms with van der Waals surface area (Å²) in [6, 6.07) is 11.6. The molecule has 90 valence electrons. The van der Waals surface area contributed by atoms with Crippen molar-refractivity contribution < 1.29 is 9.53 Å². The van der Waals surface area contributed by atoms with Gasteiger partial charge in [0.25, 0.3) is 0 Å². The number of carbonyl (C=O) groups excluding carboxylic acids is 1. The summed E-state index contributed by atoms with van der Waals surface area (Å²) in [5.41, 5.74) is 1.88. The molecule has 0 bridgehead atoms. The number of hydrogen-bond donors (Lipinski definition) is 0. The maximum Gasteiger partial charge on any atom is 0.350 e. The van der Waals surface area contributed by atoms with Crippen molar-refractivity contribution in [1.82, 2.24) is 4.57 Å². The fourth-order valence-corrected chi connectivity index (χ4v) is 1.85.